The molecule has 1 unspecified atom stereocenters. The molecule has 0 amide bonds. The third kappa shape index (κ3) is 2.97. The van der Waals surface area contributed by atoms with E-state index < -0.39 is 0 Å². The van der Waals surface area contributed by atoms with Gasteiger partial charge >= 0.3 is 0 Å². The SMILES string of the molecule is CC(C)c1nc(C(C)C)c2c(n1)N1CCCOCC1COC2. The number of hydrogen-bond acceptors (Lipinski definition) is 5. The van der Waals surface area contributed by atoms with Crippen LogP contribution in [-0.2, 0) is 16.1 Å². The molecule has 1 saturated heterocycles. The minimum atomic E-state index is 0.263. The molecule has 2 aliphatic rings. The van der Waals surface area contributed by atoms with Crippen molar-refractivity contribution >= 4 is 5.82 Å². The lowest BCUT2D eigenvalue weighted by atomic mass is 10.0. The Morgan fingerprint density at radius 3 is 2.55 bits per heavy atom. The van der Waals surface area contributed by atoms with E-state index in [2.05, 4.69) is 32.6 Å². The van der Waals surface area contributed by atoms with Crippen molar-refractivity contribution in [1.82, 2.24) is 9.97 Å². The second-order valence-corrected chi connectivity index (χ2v) is 6.87. The average molecular weight is 305 g/mol. The highest BCUT2D eigenvalue weighted by atomic mass is 16.5. The maximum atomic E-state index is 5.94. The van der Waals surface area contributed by atoms with E-state index in [0.29, 0.717) is 25.0 Å². The first-order chi connectivity index (χ1) is 10.6. The molecular weight excluding hydrogens is 278 g/mol. The van der Waals surface area contributed by atoms with E-state index in [-0.39, 0.29) is 6.04 Å². The van der Waals surface area contributed by atoms with Crippen molar-refractivity contribution in [2.45, 2.75) is 58.6 Å². The Kier molecular flexibility index (Phi) is 4.64. The molecular formula is C17H27N3O2. The van der Waals surface area contributed by atoms with Crippen molar-refractivity contribution < 1.29 is 9.47 Å². The van der Waals surface area contributed by atoms with Crippen LogP contribution in [0.5, 0.6) is 0 Å². The third-order valence-corrected chi connectivity index (χ3v) is 4.37. The molecule has 0 spiro atoms. The van der Waals surface area contributed by atoms with E-state index in [0.717, 1.165) is 43.5 Å². The van der Waals surface area contributed by atoms with Crippen LogP contribution in [0.3, 0.4) is 0 Å². The van der Waals surface area contributed by atoms with E-state index in [1.165, 1.54) is 5.56 Å². The van der Waals surface area contributed by atoms with Crippen molar-refractivity contribution in [3.05, 3.63) is 17.1 Å². The molecule has 1 aromatic rings. The Bertz CT molecular complexity index is 531. The first-order valence-electron chi connectivity index (χ1n) is 8.40. The zero-order chi connectivity index (χ0) is 15.7. The van der Waals surface area contributed by atoms with Crippen molar-refractivity contribution in [3.63, 3.8) is 0 Å². The highest BCUT2D eigenvalue weighted by molar-refractivity contribution is 5.52. The van der Waals surface area contributed by atoms with Gasteiger partial charge in [-0.3, -0.25) is 0 Å². The number of aromatic nitrogens is 2. The Morgan fingerprint density at radius 2 is 1.82 bits per heavy atom. The Balaban J connectivity index is 2.12. The lowest BCUT2D eigenvalue weighted by Gasteiger charge is -2.30. The monoisotopic (exact) mass is 305 g/mol. The number of hydrogen-bond donors (Lipinski definition) is 0. The van der Waals surface area contributed by atoms with Crippen molar-refractivity contribution in [2.24, 2.45) is 0 Å². The molecule has 2 aliphatic heterocycles. The van der Waals surface area contributed by atoms with Crippen LogP contribution in [0.4, 0.5) is 5.82 Å². The topological polar surface area (TPSA) is 47.5 Å². The van der Waals surface area contributed by atoms with Crippen LogP contribution in [0.1, 0.15) is 63.0 Å². The van der Waals surface area contributed by atoms with Gasteiger partial charge in [0.25, 0.3) is 0 Å². The lowest BCUT2D eigenvalue weighted by molar-refractivity contribution is 0.0727. The number of nitrogens with zero attached hydrogens (tertiary/aromatic N) is 3. The highest BCUT2D eigenvalue weighted by Crippen LogP contribution is 2.32. The first kappa shape index (κ1) is 15.7. The molecule has 5 nitrogen and oxygen atoms in total. The molecule has 0 aromatic carbocycles. The van der Waals surface area contributed by atoms with Gasteiger partial charge in [0.15, 0.2) is 0 Å². The average Bonchev–Trinajstić information content (AvgIpc) is 2.80. The highest BCUT2D eigenvalue weighted by Gasteiger charge is 2.31. The van der Waals surface area contributed by atoms with Gasteiger partial charge in [0.05, 0.1) is 31.6 Å². The fraction of sp³-hybridized carbons (Fsp3) is 0.765. The summed E-state index contributed by atoms with van der Waals surface area (Å²) in [6.45, 7) is 12.5. The van der Waals surface area contributed by atoms with E-state index in [1.807, 2.05) is 0 Å². The van der Waals surface area contributed by atoms with Gasteiger partial charge < -0.3 is 14.4 Å². The summed E-state index contributed by atoms with van der Waals surface area (Å²) in [6, 6.07) is 0.263. The normalized spacial score (nSPS) is 22.3. The van der Waals surface area contributed by atoms with Gasteiger partial charge in [0, 0.05) is 24.6 Å². The molecule has 0 radical (unpaired) electrons. The van der Waals surface area contributed by atoms with Gasteiger partial charge in [0.1, 0.15) is 11.6 Å². The third-order valence-electron chi connectivity index (χ3n) is 4.37. The number of ether oxygens (including phenoxy) is 2. The molecule has 1 aromatic heterocycles. The minimum Gasteiger partial charge on any atom is -0.379 e. The summed E-state index contributed by atoms with van der Waals surface area (Å²) < 4.78 is 11.7. The van der Waals surface area contributed by atoms with Crippen LogP contribution in [0.15, 0.2) is 0 Å². The predicted octanol–water partition coefficient (Wildman–Crippen LogP) is 2.85. The molecule has 3 heterocycles. The van der Waals surface area contributed by atoms with E-state index in [4.69, 9.17) is 19.4 Å². The maximum absolute atomic E-state index is 5.94. The molecule has 122 valence electrons. The van der Waals surface area contributed by atoms with E-state index >= 15 is 0 Å². The van der Waals surface area contributed by atoms with Gasteiger partial charge in [-0.1, -0.05) is 27.7 Å². The molecule has 1 fully saturated rings. The van der Waals surface area contributed by atoms with Crippen LogP contribution in [0, 0.1) is 0 Å². The summed E-state index contributed by atoms with van der Waals surface area (Å²) in [5.41, 5.74) is 2.31. The van der Waals surface area contributed by atoms with Crippen LogP contribution in [0.2, 0.25) is 0 Å². The summed E-state index contributed by atoms with van der Waals surface area (Å²) in [5.74, 6) is 2.72. The molecule has 0 saturated carbocycles. The second-order valence-electron chi connectivity index (χ2n) is 6.87. The quantitative estimate of drug-likeness (QED) is 0.841. The molecule has 3 rings (SSSR count). The van der Waals surface area contributed by atoms with Crippen LogP contribution < -0.4 is 4.90 Å². The van der Waals surface area contributed by atoms with Crippen molar-refractivity contribution in [3.8, 4) is 0 Å². The van der Waals surface area contributed by atoms with Crippen molar-refractivity contribution in [2.75, 3.05) is 31.3 Å². The van der Waals surface area contributed by atoms with Crippen LogP contribution in [-0.4, -0.2) is 42.4 Å². The predicted molar refractivity (Wildman–Crippen MR) is 86.4 cm³/mol. The molecule has 0 bridgehead atoms. The number of fused-ring (bicyclic) bond motifs is 3. The Morgan fingerprint density at radius 1 is 1.05 bits per heavy atom. The first-order valence-corrected chi connectivity index (χ1v) is 8.40. The van der Waals surface area contributed by atoms with Gasteiger partial charge in [-0.2, -0.15) is 0 Å². The summed E-state index contributed by atoms with van der Waals surface area (Å²) in [7, 11) is 0. The molecule has 5 heteroatoms. The van der Waals surface area contributed by atoms with Gasteiger partial charge in [-0.15, -0.1) is 0 Å². The molecule has 0 aliphatic carbocycles. The fourth-order valence-electron chi connectivity index (χ4n) is 3.16. The Labute approximate surface area is 133 Å². The smallest absolute Gasteiger partial charge is 0.138 e. The molecule has 22 heavy (non-hydrogen) atoms. The van der Waals surface area contributed by atoms with Gasteiger partial charge in [-0.05, 0) is 12.3 Å². The lowest BCUT2D eigenvalue weighted by Crippen LogP contribution is -2.40. The molecule has 0 N–H and O–H groups in total. The summed E-state index contributed by atoms with van der Waals surface area (Å²) in [4.78, 5) is 12.2. The minimum absolute atomic E-state index is 0.263. The Hall–Kier alpha value is -1.20. The largest absolute Gasteiger partial charge is 0.379 e. The van der Waals surface area contributed by atoms with Gasteiger partial charge in [-0.25, -0.2) is 9.97 Å². The number of rotatable bonds is 2. The van der Waals surface area contributed by atoms with E-state index in [1.54, 1.807) is 0 Å². The van der Waals surface area contributed by atoms with Crippen molar-refractivity contribution in [1.29, 1.82) is 0 Å². The van der Waals surface area contributed by atoms with Gasteiger partial charge in [0.2, 0.25) is 0 Å². The van der Waals surface area contributed by atoms with Crippen LogP contribution in [0.25, 0.3) is 0 Å². The maximum Gasteiger partial charge on any atom is 0.138 e. The molecule has 1 atom stereocenters. The zero-order valence-electron chi connectivity index (χ0n) is 14.1. The van der Waals surface area contributed by atoms with E-state index in [9.17, 15) is 0 Å². The summed E-state index contributed by atoms with van der Waals surface area (Å²) in [5, 5.41) is 0. The second kappa shape index (κ2) is 6.50. The standard InChI is InChI=1S/C17H27N3O2/c1-11(2)15-14-10-22-9-13-8-21-7-5-6-20(13)17(14)19-16(18-15)12(3)4/h11-13H,5-10H2,1-4H3. The van der Waals surface area contributed by atoms with Crippen LogP contribution >= 0.6 is 0 Å². The zero-order valence-corrected chi connectivity index (χ0v) is 14.1. The summed E-state index contributed by atoms with van der Waals surface area (Å²) >= 11 is 0. The number of anilines is 1. The fourth-order valence-corrected chi connectivity index (χ4v) is 3.16. The summed E-state index contributed by atoms with van der Waals surface area (Å²) in [6.07, 6.45) is 1.04.